The molecule has 0 saturated carbocycles. The van der Waals surface area contributed by atoms with E-state index in [1.807, 2.05) is 91.0 Å². The van der Waals surface area contributed by atoms with Crippen molar-refractivity contribution < 1.29 is 28.9 Å². The topological polar surface area (TPSA) is 108 Å². The van der Waals surface area contributed by atoms with Gasteiger partial charge in [-0.25, -0.2) is 0 Å². The highest BCUT2D eigenvalue weighted by atomic mass is 16.6. The number of hydrogen-bond donors (Lipinski definition) is 2. The van der Waals surface area contributed by atoms with E-state index in [-0.39, 0.29) is 19.8 Å². The van der Waals surface area contributed by atoms with E-state index in [2.05, 4.69) is 0 Å². The lowest BCUT2D eigenvalue weighted by molar-refractivity contribution is -0.182. The summed E-state index contributed by atoms with van der Waals surface area (Å²) >= 11 is 0. The molecule has 1 amide bonds. The third-order valence-electron chi connectivity index (χ3n) is 5.24. The summed E-state index contributed by atoms with van der Waals surface area (Å²) in [5.74, 6) is -0.987. The first kappa shape index (κ1) is 25.3. The molecule has 0 spiro atoms. The average molecular weight is 464 g/mol. The van der Waals surface area contributed by atoms with Gasteiger partial charge in [0.15, 0.2) is 12.4 Å². The molecule has 3 aromatic rings. The van der Waals surface area contributed by atoms with E-state index in [0.29, 0.717) is 6.29 Å². The number of hydrogen-bond acceptors (Lipinski definition) is 6. The lowest BCUT2D eigenvalue weighted by Crippen LogP contribution is -2.53. The van der Waals surface area contributed by atoms with Crippen molar-refractivity contribution in [1.82, 2.24) is 0 Å². The number of ether oxygens (including phenoxy) is 3. The predicted molar refractivity (Wildman–Crippen MR) is 126 cm³/mol. The van der Waals surface area contributed by atoms with Crippen molar-refractivity contribution in [2.24, 2.45) is 5.73 Å². The fourth-order valence-electron chi connectivity index (χ4n) is 3.42. The molecule has 7 heteroatoms. The molecule has 4 atom stereocenters. The highest BCUT2D eigenvalue weighted by Crippen LogP contribution is 2.20. The first-order valence-electron chi connectivity index (χ1n) is 11.0. The number of nitrogens with two attached hydrogens (primary N) is 1. The van der Waals surface area contributed by atoms with Crippen molar-refractivity contribution in [2.45, 2.75) is 44.2 Å². The van der Waals surface area contributed by atoms with Crippen LogP contribution in [0.2, 0.25) is 0 Å². The Hall–Kier alpha value is -3.36. The maximum absolute atomic E-state index is 12.1. The number of primary amides is 1. The normalized spacial score (nSPS) is 14.6. The third-order valence-corrected chi connectivity index (χ3v) is 5.24. The molecule has 3 N–H and O–H groups in total. The van der Waals surface area contributed by atoms with E-state index in [1.165, 1.54) is 0 Å². The summed E-state index contributed by atoms with van der Waals surface area (Å²) in [6.07, 6.45) is -4.60. The fourth-order valence-corrected chi connectivity index (χ4v) is 3.42. The molecule has 0 aliphatic rings. The van der Waals surface area contributed by atoms with Crippen LogP contribution < -0.4 is 5.73 Å². The smallest absolute Gasteiger partial charge is 0.249 e. The van der Waals surface area contributed by atoms with E-state index in [9.17, 15) is 14.7 Å². The van der Waals surface area contributed by atoms with Gasteiger partial charge in [-0.15, -0.1) is 0 Å². The van der Waals surface area contributed by atoms with Gasteiger partial charge in [-0.3, -0.25) is 4.79 Å². The Bertz CT molecular complexity index is 999. The van der Waals surface area contributed by atoms with Gasteiger partial charge >= 0.3 is 0 Å². The standard InChI is InChI=1S/C27H29NO6/c28-27(31)24(30)26(34-19-22-14-8-3-9-15-22)25(33-18-21-12-6-2-7-13-21)23(16-29)32-17-20-10-4-1-5-11-20/h1-16,23-26,30H,17-19H2,(H2,28,31)/t23-,24-,25+,26-/m0/s1. The van der Waals surface area contributed by atoms with E-state index in [0.717, 1.165) is 16.7 Å². The number of carbonyl (C=O) groups is 2. The Morgan fingerprint density at radius 3 is 1.47 bits per heavy atom. The van der Waals surface area contributed by atoms with E-state index in [4.69, 9.17) is 19.9 Å². The molecule has 7 nitrogen and oxygen atoms in total. The number of amides is 1. The molecular weight excluding hydrogens is 434 g/mol. The van der Waals surface area contributed by atoms with Crippen molar-refractivity contribution in [3.05, 3.63) is 108 Å². The Morgan fingerprint density at radius 1 is 0.706 bits per heavy atom. The van der Waals surface area contributed by atoms with Gasteiger partial charge < -0.3 is 29.8 Å². The number of aliphatic hydroxyl groups is 1. The van der Waals surface area contributed by atoms with E-state index >= 15 is 0 Å². The van der Waals surface area contributed by atoms with Gasteiger partial charge in [0.05, 0.1) is 19.8 Å². The van der Waals surface area contributed by atoms with Crippen molar-refractivity contribution >= 4 is 12.2 Å². The van der Waals surface area contributed by atoms with Crippen molar-refractivity contribution in [3.8, 4) is 0 Å². The molecule has 3 rings (SSSR count). The number of aldehydes is 1. The number of carbonyl (C=O) groups excluding carboxylic acids is 2. The second-order valence-electron chi connectivity index (χ2n) is 7.77. The van der Waals surface area contributed by atoms with Crippen LogP contribution in [0.25, 0.3) is 0 Å². The van der Waals surface area contributed by atoms with Gasteiger partial charge in [-0.2, -0.15) is 0 Å². The van der Waals surface area contributed by atoms with Crippen molar-refractivity contribution in [1.29, 1.82) is 0 Å². The number of aliphatic hydroxyl groups excluding tert-OH is 1. The molecule has 0 aliphatic heterocycles. The lowest BCUT2D eigenvalue weighted by atomic mass is 10.0. The maximum Gasteiger partial charge on any atom is 0.249 e. The molecule has 0 fully saturated rings. The Morgan fingerprint density at radius 2 is 1.09 bits per heavy atom. The molecule has 0 unspecified atom stereocenters. The highest BCUT2D eigenvalue weighted by Gasteiger charge is 2.39. The molecule has 0 aliphatic carbocycles. The summed E-state index contributed by atoms with van der Waals surface area (Å²) in [5, 5.41) is 10.6. The second kappa shape index (κ2) is 13.4. The summed E-state index contributed by atoms with van der Waals surface area (Å²) < 4.78 is 17.8. The van der Waals surface area contributed by atoms with Gasteiger partial charge in [0.25, 0.3) is 0 Å². The SMILES string of the molecule is NC(=O)[C@@H](O)[C@H](OCc1ccccc1)[C@H](OCc1ccccc1)[C@H](C=O)OCc1ccccc1. The summed E-state index contributed by atoms with van der Waals surface area (Å²) in [4.78, 5) is 24.0. The molecule has 0 bridgehead atoms. The Balaban J connectivity index is 1.83. The molecule has 34 heavy (non-hydrogen) atoms. The number of benzene rings is 3. The monoisotopic (exact) mass is 463 g/mol. The van der Waals surface area contributed by atoms with Gasteiger partial charge in [0, 0.05) is 0 Å². The third kappa shape index (κ3) is 7.60. The van der Waals surface area contributed by atoms with Crippen LogP contribution in [0, 0.1) is 0 Å². The van der Waals surface area contributed by atoms with E-state index in [1.54, 1.807) is 0 Å². The largest absolute Gasteiger partial charge is 0.380 e. The van der Waals surface area contributed by atoms with Crippen LogP contribution in [0.3, 0.4) is 0 Å². The molecule has 0 radical (unpaired) electrons. The Labute approximate surface area is 199 Å². The van der Waals surface area contributed by atoms with Crippen LogP contribution in [-0.4, -0.2) is 41.7 Å². The zero-order valence-electron chi connectivity index (χ0n) is 18.7. The van der Waals surface area contributed by atoms with Crippen LogP contribution in [0.1, 0.15) is 16.7 Å². The summed E-state index contributed by atoms with van der Waals surface area (Å²) in [6, 6.07) is 27.9. The quantitative estimate of drug-likeness (QED) is 0.356. The van der Waals surface area contributed by atoms with Gasteiger partial charge in [0.1, 0.15) is 18.3 Å². The van der Waals surface area contributed by atoms with Gasteiger partial charge in [0.2, 0.25) is 5.91 Å². The minimum atomic E-state index is -1.72. The molecular formula is C27H29NO6. The van der Waals surface area contributed by atoms with E-state index < -0.39 is 30.3 Å². The van der Waals surface area contributed by atoms with Crippen molar-refractivity contribution in [3.63, 3.8) is 0 Å². The number of rotatable bonds is 14. The van der Waals surface area contributed by atoms with Crippen LogP contribution in [0.4, 0.5) is 0 Å². The summed E-state index contributed by atoms with van der Waals surface area (Å²) in [7, 11) is 0. The minimum Gasteiger partial charge on any atom is -0.380 e. The predicted octanol–water partition coefficient (Wildman–Crippen LogP) is 2.79. The molecule has 3 aromatic carbocycles. The second-order valence-corrected chi connectivity index (χ2v) is 7.77. The zero-order chi connectivity index (χ0) is 24.2. The van der Waals surface area contributed by atoms with Gasteiger partial charge in [-0.05, 0) is 16.7 Å². The first-order valence-corrected chi connectivity index (χ1v) is 11.0. The minimum absolute atomic E-state index is 0.0747. The van der Waals surface area contributed by atoms with Crippen LogP contribution in [0.5, 0.6) is 0 Å². The summed E-state index contributed by atoms with van der Waals surface area (Å²) in [5.41, 5.74) is 7.92. The lowest BCUT2D eigenvalue weighted by Gasteiger charge is -2.33. The highest BCUT2D eigenvalue weighted by molar-refractivity contribution is 5.79. The maximum atomic E-state index is 12.1. The van der Waals surface area contributed by atoms with Crippen LogP contribution in [-0.2, 0) is 43.6 Å². The van der Waals surface area contributed by atoms with Crippen molar-refractivity contribution in [2.75, 3.05) is 0 Å². The van der Waals surface area contributed by atoms with Crippen LogP contribution >= 0.6 is 0 Å². The fraction of sp³-hybridized carbons (Fsp3) is 0.259. The first-order chi connectivity index (χ1) is 16.6. The Kier molecular flexibility index (Phi) is 9.94. The molecule has 0 heterocycles. The molecule has 0 saturated heterocycles. The molecule has 178 valence electrons. The van der Waals surface area contributed by atoms with Gasteiger partial charge in [-0.1, -0.05) is 91.0 Å². The zero-order valence-corrected chi connectivity index (χ0v) is 18.7. The average Bonchev–Trinajstić information content (AvgIpc) is 2.88. The van der Waals surface area contributed by atoms with Crippen LogP contribution in [0.15, 0.2) is 91.0 Å². The summed E-state index contributed by atoms with van der Waals surface area (Å²) in [6.45, 7) is 0.319. The molecule has 0 aromatic heterocycles.